The maximum absolute atomic E-state index is 6.61. The van der Waals surface area contributed by atoms with Crippen molar-refractivity contribution in [3.63, 3.8) is 0 Å². The summed E-state index contributed by atoms with van der Waals surface area (Å²) in [7, 11) is -1.73. The van der Waals surface area contributed by atoms with Gasteiger partial charge < -0.3 is 4.43 Å². The van der Waals surface area contributed by atoms with Crippen molar-refractivity contribution in [2.24, 2.45) is 0 Å². The lowest BCUT2D eigenvalue weighted by molar-refractivity contribution is 0.0719. The second-order valence-corrected chi connectivity index (χ2v) is 11.8. The summed E-state index contributed by atoms with van der Waals surface area (Å²) in [5.41, 5.74) is -0.176. The van der Waals surface area contributed by atoms with E-state index in [1.807, 2.05) is 0 Å². The van der Waals surface area contributed by atoms with Gasteiger partial charge in [-0.25, -0.2) is 0 Å². The van der Waals surface area contributed by atoms with Gasteiger partial charge in [0.05, 0.1) is 0 Å². The van der Waals surface area contributed by atoms with Crippen molar-refractivity contribution in [3.05, 3.63) is 0 Å². The van der Waals surface area contributed by atoms with E-state index in [0.717, 1.165) is 12.8 Å². The predicted octanol–water partition coefficient (Wildman–Crippen LogP) is 5.07. The third-order valence-electron chi connectivity index (χ3n) is 4.19. The molecule has 0 unspecified atom stereocenters. The molecule has 0 aliphatic heterocycles. The van der Waals surface area contributed by atoms with Crippen LogP contribution in [0.15, 0.2) is 0 Å². The van der Waals surface area contributed by atoms with Crippen molar-refractivity contribution in [2.45, 2.75) is 76.6 Å². The van der Waals surface area contributed by atoms with Crippen LogP contribution >= 0.6 is 15.9 Å². The van der Waals surface area contributed by atoms with Gasteiger partial charge in [-0.05, 0) is 48.6 Å². The SMILES string of the molecule is CC(C)(C)[Si](C)(C)OC1(C#CBr)CCCCC1. The minimum Gasteiger partial charge on any atom is -0.401 e. The maximum atomic E-state index is 6.61. The van der Waals surface area contributed by atoms with Crippen LogP contribution in [0.5, 0.6) is 0 Å². The highest BCUT2D eigenvalue weighted by Crippen LogP contribution is 2.42. The minimum atomic E-state index is -1.73. The fraction of sp³-hybridized carbons (Fsp3) is 0.857. The summed E-state index contributed by atoms with van der Waals surface area (Å²) < 4.78 is 6.61. The lowest BCUT2D eigenvalue weighted by Crippen LogP contribution is -2.50. The fourth-order valence-corrected chi connectivity index (χ4v) is 4.00. The lowest BCUT2D eigenvalue weighted by atomic mass is 9.86. The first-order valence-corrected chi connectivity index (χ1v) is 10.3. The summed E-state index contributed by atoms with van der Waals surface area (Å²) in [4.78, 5) is 2.91. The summed E-state index contributed by atoms with van der Waals surface area (Å²) >= 11 is 3.25. The predicted molar refractivity (Wildman–Crippen MR) is 80.8 cm³/mol. The molecule has 1 rings (SSSR count). The Morgan fingerprint density at radius 1 is 1.12 bits per heavy atom. The second kappa shape index (κ2) is 5.46. The molecule has 1 aliphatic carbocycles. The number of hydrogen-bond donors (Lipinski definition) is 0. The zero-order chi connectivity index (χ0) is 13.2. The summed E-state index contributed by atoms with van der Waals surface area (Å²) in [5.74, 6) is 3.31. The Labute approximate surface area is 116 Å². The Morgan fingerprint density at radius 3 is 2.06 bits per heavy atom. The summed E-state index contributed by atoms with van der Waals surface area (Å²) in [6.45, 7) is 11.5. The van der Waals surface area contributed by atoms with Crippen LogP contribution in [0.2, 0.25) is 18.1 Å². The third kappa shape index (κ3) is 3.84. The van der Waals surface area contributed by atoms with Crippen molar-refractivity contribution >= 4 is 24.2 Å². The van der Waals surface area contributed by atoms with Gasteiger partial charge in [-0.15, -0.1) is 0 Å². The molecule has 0 spiro atoms. The highest BCUT2D eigenvalue weighted by Gasteiger charge is 2.44. The zero-order valence-electron chi connectivity index (χ0n) is 11.8. The van der Waals surface area contributed by atoms with Gasteiger partial charge >= 0.3 is 0 Å². The Balaban J connectivity index is 2.89. The summed E-state index contributed by atoms with van der Waals surface area (Å²) in [6.07, 6.45) is 6.01. The molecule has 3 heteroatoms. The second-order valence-electron chi connectivity index (χ2n) is 6.64. The average molecular weight is 317 g/mol. The van der Waals surface area contributed by atoms with E-state index in [-0.39, 0.29) is 10.6 Å². The van der Waals surface area contributed by atoms with Gasteiger partial charge in [0.25, 0.3) is 0 Å². The lowest BCUT2D eigenvalue weighted by Gasteiger charge is -2.45. The largest absolute Gasteiger partial charge is 0.401 e. The topological polar surface area (TPSA) is 9.23 Å². The number of halogens is 1. The van der Waals surface area contributed by atoms with Gasteiger partial charge in [0.1, 0.15) is 5.60 Å². The Bertz CT molecular complexity index is 313. The van der Waals surface area contributed by atoms with E-state index < -0.39 is 8.32 Å². The van der Waals surface area contributed by atoms with E-state index in [9.17, 15) is 0 Å². The quantitative estimate of drug-likeness (QED) is 0.510. The minimum absolute atomic E-state index is 0.176. The molecule has 0 N–H and O–H groups in total. The Kier molecular flexibility index (Phi) is 4.91. The smallest absolute Gasteiger partial charge is 0.194 e. The third-order valence-corrected chi connectivity index (χ3v) is 8.90. The fourth-order valence-electron chi connectivity index (χ4n) is 2.10. The van der Waals surface area contributed by atoms with Crippen molar-refractivity contribution in [2.75, 3.05) is 0 Å². The Hall–Kier alpha value is 0.217. The highest BCUT2D eigenvalue weighted by molar-refractivity contribution is 9.12. The standard InChI is InChI=1S/C14H25BrOSi/c1-13(2,3)17(4,5)16-14(11-12-15)9-7-6-8-10-14/h6-10H2,1-5H3. The molecule has 0 amide bonds. The van der Waals surface area contributed by atoms with Crippen molar-refractivity contribution in [1.82, 2.24) is 0 Å². The molecule has 0 aromatic heterocycles. The summed E-state index contributed by atoms with van der Waals surface area (Å²) in [6, 6.07) is 0. The van der Waals surface area contributed by atoms with Crippen LogP contribution in [-0.2, 0) is 4.43 Å². The van der Waals surface area contributed by atoms with Crippen LogP contribution in [-0.4, -0.2) is 13.9 Å². The molecule has 1 saturated carbocycles. The average Bonchev–Trinajstić information content (AvgIpc) is 2.16. The summed E-state index contributed by atoms with van der Waals surface area (Å²) in [5, 5.41) is 0.255. The van der Waals surface area contributed by atoms with Crippen LogP contribution in [0.1, 0.15) is 52.9 Å². The molecule has 0 bridgehead atoms. The number of rotatable bonds is 2. The first-order valence-electron chi connectivity index (χ1n) is 6.55. The number of hydrogen-bond acceptors (Lipinski definition) is 1. The first-order chi connectivity index (χ1) is 7.72. The van der Waals surface area contributed by atoms with Gasteiger partial charge in [-0.3, -0.25) is 0 Å². The van der Waals surface area contributed by atoms with Crippen LogP contribution in [0.3, 0.4) is 0 Å². The van der Waals surface area contributed by atoms with Gasteiger partial charge in [0.2, 0.25) is 0 Å². The molecule has 1 nitrogen and oxygen atoms in total. The van der Waals surface area contributed by atoms with E-state index in [2.05, 4.69) is 60.5 Å². The van der Waals surface area contributed by atoms with Crippen LogP contribution in [0.4, 0.5) is 0 Å². The molecule has 98 valence electrons. The van der Waals surface area contributed by atoms with E-state index in [4.69, 9.17) is 4.43 Å². The highest BCUT2D eigenvalue weighted by atomic mass is 79.9. The molecular weight excluding hydrogens is 292 g/mol. The van der Waals surface area contributed by atoms with E-state index in [1.165, 1.54) is 19.3 Å². The normalized spacial score (nSPS) is 20.6. The molecule has 0 atom stereocenters. The van der Waals surface area contributed by atoms with Crippen molar-refractivity contribution in [3.8, 4) is 10.8 Å². The van der Waals surface area contributed by atoms with Gasteiger partial charge in [-0.1, -0.05) is 33.1 Å². The molecule has 0 radical (unpaired) electrons. The molecule has 0 aromatic carbocycles. The molecule has 0 heterocycles. The van der Waals surface area contributed by atoms with Crippen LogP contribution in [0, 0.1) is 10.8 Å². The van der Waals surface area contributed by atoms with Crippen molar-refractivity contribution in [1.29, 1.82) is 0 Å². The molecule has 0 aromatic rings. The maximum Gasteiger partial charge on any atom is 0.194 e. The monoisotopic (exact) mass is 316 g/mol. The van der Waals surface area contributed by atoms with Crippen molar-refractivity contribution < 1.29 is 4.43 Å². The van der Waals surface area contributed by atoms with Gasteiger partial charge in [0, 0.05) is 15.9 Å². The molecule has 17 heavy (non-hydrogen) atoms. The Morgan fingerprint density at radius 2 is 1.65 bits per heavy atom. The molecule has 1 fully saturated rings. The van der Waals surface area contributed by atoms with E-state index >= 15 is 0 Å². The van der Waals surface area contributed by atoms with Crippen LogP contribution < -0.4 is 0 Å². The van der Waals surface area contributed by atoms with Crippen LogP contribution in [0.25, 0.3) is 0 Å². The van der Waals surface area contributed by atoms with E-state index in [1.54, 1.807) is 0 Å². The molecule has 1 aliphatic rings. The molecule has 0 saturated heterocycles. The van der Waals surface area contributed by atoms with Gasteiger partial charge in [0.15, 0.2) is 8.32 Å². The first kappa shape index (κ1) is 15.3. The van der Waals surface area contributed by atoms with E-state index in [0.29, 0.717) is 0 Å². The zero-order valence-corrected chi connectivity index (χ0v) is 14.4. The van der Waals surface area contributed by atoms with Gasteiger partial charge in [-0.2, -0.15) is 0 Å². The molecular formula is C14H25BrOSi.